The number of carbonyl (C=O) groups excluding carboxylic acids is 1. The highest BCUT2D eigenvalue weighted by Gasteiger charge is 2.18. The Balaban J connectivity index is 1.93. The van der Waals surface area contributed by atoms with Gasteiger partial charge in [-0.25, -0.2) is 0 Å². The summed E-state index contributed by atoms with van der Waals surface area (Å²) in [6.45, 7) is 0. The summed E-state index contributed by atoms with van der Waals surface area (Å²) in [5.41, 5.74) is 3.81. The lowest BCUT2D eigenvalue weighted by molar-refractivity contribution is 0.0947. The van der Waals surface area contributed by atoms with Crippen LogP contribution in [-0.2, 0) is 4.74 Å². The summed E-state index contributed by atoms with van der Waals surface area (Å²) >= 11 is 0. The Morgan fingerprint density at radius 3 is 2.47 bits per heavy atom. The highest BCUT2D eigenvalue weighted by Crippen LogP contribution is 2.20. The molecular formula is C13H18O3Si. The van der Waals surface area contributed by atoms with Crippen molar-refractivity contribution in [2.24, 2.45) is 0 Å². The summed E-state index contributed by atoms with van der Waals surface area (Å²) in [6, 6.07) is 3.72. The third-order valence-electron chi connectivity index (χ3n) is 3.15. The molecule has 1 aliphatic rings. The molecule has 0 N–H and O–H groups in total. The first-order chi connectivity index (χ1) is 8.29. The molecule has 1 aromatic heterocycles. The largest absolute Gasteiger partial charge is 0.497 e. The van der Waals surface area contributed by atoms with Gasteiger partial charge in [-0.15, -0.1) is 0 Å². The Morgan fingerprint density at radius 2 is 1.88 bits per heavy atom. The zero-order chi connectivity index (χ0) is 12.1. The first kappa shape index (κ1) is 12.3. The lowest BCUT2D eigenvalue weighted by Gasteiger charge is -2.21. The molecule has 0 bridgehead atoms. The molecule has 0 radical (unpaired) electrons. The molecule has 1 saturated carbocycles. The number of carbonyl (C=O) groups is 1. The molecule has 1 aromatic rings. The van der Waals surface area contributed by atoms with Gasteiger partial charge >= 0.3 is 0 Å². The average Bonchev–Trinajstić information content (AvgIpc) is 2.40. The Kier molecular flexibility index (Phi) is 4.31. The van der Waals surface area contributed by atoms with Crippen LogP contribution in [0.25, 0.3) is 0 Å². The van der Waals surface area contributed by atoms with Crippen molar-refractivity contribution in [3.63, 3.8) is 0 Å². The summed E-state index contributed by atoms with van der Waals surface area (Å²) in [6.07, 6.45) is 5.87. The number of rotatable bonds is 3. The van der Waals surface area contributed by atoms with E-state index in [4.69, 9.17) is 9.47 Å². The molecule has 0 aromatic carbocycles. The fourth-order valence-electron chi connectivity index (χ4n) is 2.13. The minimum absolute atomic E-state index is 0.0375. The maximum atomic E-state index is 11.9. The maximum Gasteiger partial charge on any atom is 0.297 e. The minimum Gasteiger partial charge on any atom is -0.497 e. The quantitative estimate of drug-likeness (QED) is 0.773. The van der Waals surface area contributed by atoms with Crippen LogP contribution in [0.3, 0.4) is 0 Å². The topological polar surface area (TPSA) is 35.5 Å². The van der Waals surface area contributed by atoms with E-state index < -0.39 is 8.40 Å². The van der Waals surface area contributed by atoms with Crippen molar-refractivity contribution < 1.29 is 14.3 Å². The molecule has 0 atom stereocenters. The zero-order valence-corrected chi connectivity index (χ0v) is 11.1. The maximum absolute atomic E-state index is 11.9. The molecule has 0 aliphatic heterocycles. The van der Waals surface area contributed by atoms with Crippen molar-refractivity contribution in [3.05, 3.63) is 23.5 Å². The smallest absolute Gasteiger partial charge is 0.297 e. The number of hydrogen-bond acceptors (Lipinski definition) is 3. The molecule has 0 unspecified atom stereocenters. The van der Waals surface area contributed by atoms with Gasteiger partial charge in [-0.1, -0.05) is 17.8 Å². The molecule has 2 rings (SSSR count). The fourth-order valence-corrected chi connectivity index (χ4v) is 3.50. The van der Waals surface area contributed by atoms with Crippen LogP contribution in [0.4, 0.5) is 4.79 Å². The normalized spacial score (nSPS) is 16.5. The van der Waals surface area contributed by atoms with Crippen LogP contribution in [0.15, 0.2) is 23.5 Å². The molecule has 92 valence electrons. The van der Waals surface area contributed by atoms with Crippen LogP contribution in [-0.4, -0.2) is 27.2 Å². The van der Waals surface area contributed by atoms with E-state index in [0.29, 0.717) is 0 Å². The van der Waals surface area contributed by atoms with Crippen LogP contribution in [0, 0.1) is 0 Å². The lowest BCUT2D eigenvalue weighted by atomic mass is 9.98. The summed E-state index contributed by atoms with van der Waals surface area (Å²) in [5, 5.41) is 0. The van der Waals surface area contributed by atoms with E-state index in [0.717, 1.165) is 18.6 Å². The van der Waals surface area contributed by atoms with Gasteiger partial charge in [0.15, 0.2) is 8.40 Å². The van der Waals surface area contributed by atoms with E-state index in [-0.39, 0.29) is 11.7 Å². The second kappa shape index (κ2) is 5.96. The molecule has 1 fully saturated rings. The Labute approximate surface area is 103 Å². The van der Waals surface area contributed by atoms with Crippen LogP contribution in [0.5, 0.6) is 5.75 Å². The third kappa shape index (κ3) is 3.39. The van der Waals surface area contributed by atoms with Gasteiger partial charge in [-0.3, -0.25) is 4.79 Å². The second-order valence-electron chi connectivity index (χ2n) is 4.39. The van der Waals surface area contributed by atoms with E-state index in [9.17, 15) is 4.79 Å². The highest BCUT2D eigenvalue weighted by molar-refractivity contribution is 6.81. The summed E-state index contributed by atoms with van der Waals surface area (Å²) in [7, 11) is 0.337. The van der Waals surface area contributed by atoms with Gasteiger partial charge < -0.3 is 9.47 Å². The first-order valence-corrected chi connectivity index (χ1v) is 7.80. The van der Waals surface area contributed by atoms with E-state index >= 15 is 0 Å². The lowest BCUT2D eigenvalue weighted by Crippen LogP contribution is -2.24. The fraction of sp³-hybridized carbons (Fsp3) is 0.538. The van der Waals surface area contributed by atoms with Gasteiger partial charge in [-0.05, 0) is 37.8 Å². The molecule has 0 saturated heterocycles. The molecule has 17 heavy (non-hydrogen) atoms. The predicted molar refractivity (Wildman–Crippen MR) is 67.7 cm³/mol. The van der Waals surface area contributed by atoms with Crippen molar-refractivity contribution in [2.45, 2.75) is 38.2 Å². The third-order valence-corrected chi connectivity index (χ3v) is 4.79. The first-order valence-electron chi connectivity index (χ1n) is 6.14. The molecule has 0 spiro atoms. The Morgan fingerprint density at radius 1 is 1.24 bits per heavy atom. The van der Waals surface area contributed by atoms with E-state index in [2.05, 4.69) is 0 Å². The molecule has 1 aliphatic carbocycles. The minimum atomic E-state index is -1.29. The van der Waals surface area contributed by atoms with Crippen molar-refractivity contribution in [1.82, 2.24) is 0 Å². The average molecular weight is 250 g/mol. The van der Waals surface area contributed by atoms with Crippen LogP contribution >= 0.6 is 0 Å². The highest BCUT2D eigenvalue weighted by atomic mass is 28.2. The molecule has 0 amide bonds. The van der Waals surface area contributed by atoms with E-state index in [1.165, 1.54) is 19.3 Å². The summed E-state index contributed by atoms with van der Waals surface area (Å²) in [5.74, 6) is 0.796. The SMILES string of the molecule is COc1cc[si](C(=O)OC2CCCCC2)cc1. The molecule has 3 nitrogen and oxygen atoms in total. The number of hydrogen-bond donors (Lipinski definition) is 0. The predicted octanol–water partition coefficient (Wildman–Crippen LogP) is 3.04. The van der Waals surface area contributed by atoms with Crippen LogP contribution < -0.4 is 4.74 Å². The molecular weight excluding hydrogens is 232 g/mol. The second-order valence-corrected chi connectivity index (χ2v) is 6.38. The molecule has 4 heteroatoms. The monoisotopic (exact) mass is 250 g/mol. The van der Waals surface area contributed by atoms with Gasteiger partial charge in [0.05, 0.1) is 7.11 Å². The van der Waals surface area contributed by atoms with Crippen LogP contribution in [0.2, 0.25) is 0 Å². The van der Waals surface area contributed by atoms with Crippen LogP contribution in [0.1, 0.15) is 32.1 Å². The van der Waals surface area contributed by atoms with Gasteiger partial charge in [0.2, 0.25) is 0 Å². The standard InChI is InChI=1S/C13H18O3Si/c1-15-11-7-9-17(10-8-11)13(14)16-12-5-3-2-4-6-12/h7-10,12H,2-6H2,1H3. The zero-order valence-electron chi connectivity index (χ0n) is 10.1. The van der Waals surface area contributed by atoms with E-state index in [1.807, 2.05) is 23.5 Å². The summed E-state index contributed by atoms with van der Waals surface area (Å²) < 4.78 is 10.6. The number of methoxy groups -OCH3 is 1. The van der Waals surface area contributed by atoms with Gasteiger partial charge in [0.1, 0.15) is 11.9 Å². The Hall–Kier alpha value is -1.16. The van der Waals surface area contributed by atoms with Crippen molar-refractivity contribution >= 4 is 14.0 Å². The van der Waals surface area contributed by atoms with Gasteiger partial charge in [0, 0.05) is 0 Å². The molecule has 1 heterocycles. The van der Waals surface area contributed by atoms with E-state index in [1.54, 1.807) is 7.11 Å². The van der Waals surface area contributed by atoms with Crippen molar-refractivity contribution in [2.75, 3.05) is 7.11 Å². The van der Waals surface area contributed by atoms with Crippen molar-refractivity contribution in [1.29, 1.82) is 0 Å². The summed E-state index contributed by atoms with van der Waals surface area (Å²) in [4.78, 5) is 11.9. The van der Waals surface area contributed by atoms with Gasteiger partial charge in [-0.2, -0.15) is 0 Å². The van der Waals surface area contributed by atoms with Gasteiger partial charge in [0.25, 0.3) is 5.59 Å². The van der Waals surface area contributed by atoms with Crippen molar-refractivity contribution in [3.8, 4) is 5.75 Å². The Bertz CT molecular complexity index is 369. The number of ether oxygens (including phenoxy) is 2.